The summed E-state index contributed by atoms with van der Waals surface area (Å²) >= 11 is 6.23. The molecule has 0 radical (unpaired) electrons. The van der Waals surface area contributed by atoms with Gasteiger partial charge in [0.1, 0.15) is 0 Å². The van der Waals surface area contributed by atoms with E-state index in [9.17, 15) is 18.4 Å². The lowest BCUT2D eigenvalue weighted by Gasteiger charge is -2.17. The molecule has 3 rings (SSSR count). The minimum Gasteiger partial charge on any atom is -0.469 e. The Balaban J connectivity index is 2.20. The zero-order valence-corrected chi connectivity index (χ0v) is 18.4. The van der Waals surface area contributed by atoms with Gasteiger partial charge in [-0.3, -0.25) is 10.0 Å². The first kappa shape index (κ1) is 22.2. The average Bonchev–Trinajstić information content (AvgIpc) is 2.74. The van der Waals surface area contributed by atoms with Gasteiger partial charge in [-0.25, -0.2) is 8.42 Å². The molecule has 0 aliphatic rings. The number of nitrogens with zero attached hydrogens (tertiary/aromatic N) is 1. The molecule has 158 valence electrons. The van der Waals surface area contributed by atoms with Crippen LogP contribution in [0.3, 0.4) is 0 Å². The second-order valence-electron chi connectivity index (χ2n) is 6.82. The Labute approximate surface area is 180 Å². The second kappa shape index (κ2) is 8.73. The number of esters is 1. The fourth-order valence-corrected chi connectivity index (χ4v) is 4.63. The van der Waals surface area contributed by atoms with E-state index >= 15 is 0 Å². The Morgan fingerprint density at radius 3 is 2.40 bits per heavy atom. The number of ether oxygens (including phenoxy) is 1. The average molecular weight is 448 g/mol. The molecular weight excluding hydrogens is 426 g/mol. The molecular formula is C22H22ClNO5S. The van der Waals surface area contributed by atoms with Gasteiger partial charge in [-0.1, -0.05) is 40.3 Å². The molecule has 0 spiro atoms. The van der Waals surface area contributed by atoms with E-state index in [0.29, 0.717) is 9.49 Å². The van der Waals surface area contributed by atoms with Crippen LogP contribution in [0.2, 0.25) is 5.02 Å². The van der Waals surface area contributed by atoms with Crippen LogP contribution in [0.15, 0.2) is 53.4 Å². The molecule has 0 aliphatic carbocycles. The third-order valence-electron chi connectivity index (χ3n) is 5.02. The van der Waals surface area contributed by atoms with Crippen molar-refractivity contribution in [3.05, 3.63) is 64.7 Å². The van der Waals surface area contributed by atoms with Gasteiger partial charge in [0, 0.05) is 11.6 Å². The van der Waals surface area contributed by atoms with Crippen LogP contribution in [0, 0.1) is 6.92 Å². The van der Waals surface area contributed by atoms with Crippen LogP contribution in [0.25, 0.3) is 21.9 Å². The summed E-state index contributed by atoms with van der Waals surface area (Å²) in [6, 6.07) is 13.7. The third-order valence-corrected chi connectivity index (χ3v) is 6.94. The predicted octanol–water partition coefficient (Wildman–Crippen LogP) is 4.58. The van der Waals surface area contributed by atoms with Gasteiger partial charge in [0.2, 0.25) is 0 Å². The summed E-state index contributed by atoms with van der Waals surface area (Å²) in [5.74, 6) is -0.346. The molecule has 0 unspecified atom stereocenters. The number of hydroxylamine groups is 1. The van der Waals surface area contributed by atoms with Crippen molar-refractivity contribution < 1.29 is 23.2 Å². The molecule has 3 aromatic rings. The molecule has 6 nitrogen and oxygen atoms in total. The number of sulfonamides is 1. The van der Waals surface area contributed by atoms with Gasteiger partial charge in [0.25, 0.3) is 10.0 Å². The minimum atomic E-state index is -3.97. The summed E-state index contributed by atoms with van der Waals surface area (Å²) < 4.78 is 29.8. The van der Waals surface area contributed by atoms with Crippen LogP contribution in [-0.4, -0.2) is 37.7 Å². The quantitative estimate of drug-likeness (QED) is 0.441. The third kappa shape index (κ3) is 4.20. The van der Waals surface area contributed by atoms with Gasteiger partial charge in [-0.15, -0.1) is 0 Å². The number of carbonyl (C=O) groups is 1. The highest BCUT2D eigenvalue weighted by Gasteiger charge is 2.22. The minimum absolute atomic E-state index is 0.0127. The molecule has 0 aliphatic heterocycles. The van der Waals surface area contributed by atoms with Gasteiger partial charge in [0.15, 0.2) is 0 Å². The van der Waals surface area contributed by atoms with Crippen LogP contribution in [0.5, 0.6) is 0 Å². The van der Waals surface area contributed by atoms with Crippen LogP contribution < -0.4 is 0 Å². The second-order valence-corrected chi connectivity index (χ2v) is 9.10. The van der Waals surface area contributed by atoms with Crippen LogP contribution in [0.4, 0.5) is 0 Å². The number of hydrogen-bond acceptors (Lipinski definition) is 5. The Kier molecular flexibility index (Phi) is 6.47. The maximum Gasteiger partial charge on any atom is 0.309 e. The van der Waals surface area contributed by atoms with E-state index in [4.69, 9.17) is 16.3 Å². The molecule has 30 heavy (non-hydrogen) atoms. The van der Waals surface area contributed by atoms with Gasteiger partial charge in [-0.05, 0) is 71.1 Å². The van der Waals surface area contributed by atoms with Crippen molar-refractivity contribution in [3.8, 4) is 11.1 Å². The first-order chi connectivity index (χ1) is 14.2. The molecule has 1 N–H and O–H groups in total. The molecule has 0 amide bonds. The number of rotatable bonds is 6. The van der Waals surface area contributed by atoms with Crippen LogP contribution in [0.1, 0.15) is 18.1 Å². The van der Waals surface area contributed by atoms with E-state index in [1.165, 1.54) is 26.2 Å². The Hall–Kier alpha value is -2.45. The highest BCUT2D eigenvalue weighted by molar-refractivity contribution is 7.89. The predicted molar refractivity (Wildman–Crippen MR) is 116 cm³/mol. The standard InChI is InChI=1S/C22H22ClNO5S/c1-4-24(26)30(27,28)19-9-6-15(7-10-19)22-14(2)17(12-21(25)29-3)11-16-5-8-18(23)13-20(16)22/h5-11,13,26H,4,12H2,1-3H3. The Morgan fingerprint density at radius 1 is 1.13 bits per heavy atom. The van der Waals surface area contributed by atoms with Crippen molar-refractivity contribution in [2.75, 3.05) is 13.7 Å². The van der Waals surface area contributed by atoms with Gasteiger partial charge in [0.05, 0.1) is 18.4 Å². The lowest BCUT2D eigenvalue weighted by Crippen LogP contribution is -2.27. The van der Waals surface area contributed by atoms with Crippen molar-refractivity contribution in [3.63, 3.8) is 0 Å². The van der Waals surface area contributed by atoms with Crippen molar-refractivity contribution in [2.24, 2.45) is 0 Å². The van der Waals surface area contributed by atoms with Crippen LogP contribution in [-0.2, 0) is 26.0 Å². The summed E-state index contributed by atoms with van der Waals surface area (Å²) in [6.45, 7) is 3.39. The van der Waals surface area contributed by atoms with Gasteiger partial charge in [-0.2, -0.15) is 0 Å². The smallest absolute Gasteiger partial charge is 0.309 e. The molecule has 0 atom stereocenters. The number of halogens is 1. The monoisotopic (exact) mass is 447 g/mol. The Morgan fingerprint density at radius 2 is 1.80 bits per heavy atom. The van der Waals surface area contributed by atoms with E-state index in [1.807, 2.05) is 25.1 Å². The number of carbonyl (C=O) groups excluding carboxylic acids is 1. The number of benzene rings is 3. The summed E-state index contributed by atoms with van der Waals surface area (Å²) in [5, 5.41) is 12.0. The molecule has 0 saturated heterocycles. The van der Waals surface area contributed by atoms with E-state index in [1.54, 1.807) is 18.2 Å². The van der Waals surface area contributed by atoms with E-state index in [-0.39, 0.29) is 23.8 Å². The summed E-state index contributed by atoms with van der Waals surface area (Å²) in [6.07, 6.45) is 0.121. The first-order valence-corrected chi connectivity index (χ1v) is 11.1. The Bertz CT molecular complexity index is 1210. The normalized spacial score (nSPS) is 11.8. The topological polar surface area (TPSA) is 83.9 Å². The molecule has 0 fully saturated rings. The first-order valence-electron chi connectivity index (χ1n) is 9.29. The molecule has 0 aromatic heterocycles. The molecule has 0 saturated carbocycles. The maximum absolute atomic E-state index is 12.4. The zero-order valence-electron chi connectivity index (χ0n) is 16.8. The van der Waals surface area contributed by atoms with E-state index in [0.717, 1.165) is 33.0 Å². The van der Waals surface area contributed by atoms with Gasteiger partial charge >= 0.3 is 5.97 Å². The van der Waals surface area contributed by atoms with Crippen molar-refractivity contribution in [2.45, 2.75) is 25.2 Å². The summed E-state index contributed by atoms with van der Waals surface area (Å²) in [7, 11) is -2.62. The fraction of sp³-hybridized carbons (Fsp3) is 0.227. The van der Waals surface area contributed by atoms with Crippen molar-refractivity contribution >= 4 is 38.4 Å². The molecule has 0 bridgehead atoms. The number of fused-ring (bicyclic) bond motifs is 1. The lowest BCUT2D eigenvalue weighted by molar-refractivity contribution is -0.139. The zero-order chi connectivity index (χ0) is 22.1. The van der Waals surface area contributed by atoms with E-state index < -0.39 is 10.0 Å². The van der Waals surface area contributed by atoms with Crippen molar-refractivity contribution in [1.29, 1.82) is 0 Å². The molecule has 8 heteroatoms. The largest absolute Gasteiger partial charge is 0.469 e. The fourth-order valence-electron chi connectivity index (χ4n) is 3.40. The molecule has 3 aromatic carbocycles. The maximum atomic E-state index is 12.4. The van der Waals surface area contributed by atoms with Crippen LogP contribution >= 0.6 is 11.6 Å². The highest BCUT2D eigenvalue weighted by atomic mass is 35.5. The molecule has 0 heterocycles. The number of methoxy groups -OCH3 is 1. The summed E-state index contributed by atoms with van der Waals surface area (Å²) in [4.78, 5) is 11.9. The SMILES string of the molecule is CCN(O)S(=O)(=O)c1ccc(-c2c(C)c(CC(=O)OC)cc3ccc(Cl)cc23)cc1. The van der Waals surface area contributed by atoms with Gasteiger partial charge < -0.3 is 4.74 Å². The summed E-state index contributed by atoms with van der Waals surface area (Å²) in [5.41, 5.74) is 3.32. The van der Waals surface area contributed by atoms with Crippen molar-refractivity contribution in [1.82, 2.24) is 4.47 Å². The van der Waals surface area contributed by atoms with E-state index in [2.05, 4.69) is 0 Å². The lowest BCUT2D eigenvalue weighted by atomic mass is 9.89. The highest BCUT2D eigenvalue weighted by Crippen LogP contribution is 2.36. The number of hydrogen-bond donors (Lipinski definition) is 1.